The number of hydrogen-bond donors (Lipinski definition) is 0. The first-order valence-electron chi connectivity index (χ1n) is 13.6. The van der Waals surface area contributed by atoms with Gasteiger partial charge in [-0.1, -0.05) is 116 Å². The van der Waals surface area contributed by atoms with Crippen LogP contribution in [0.25, 0.3) is 0 Å². The molecule has 6 atom stereocenters. The topological polar surface area (TPSA) is 44.8 Å². The number of carbonyl (C=O) groups excluding carboxylic acids is 1. The summed E-state index contributed by atoms with van der Waals surface area (Å²) in [6.07, 6.45) is 0. The third-order valence-electron chi connectivity index (χ3n) is 10.8. The largest absolute Gasteiger partial charge is 0.352 e. The van der Waals surface area contributed by atoms with Gasteiger partial charge in [-0.25, -0.2) is 0 Å². The van der Waals surface area contributed by atoms with E-state index in [4.69, 9.17) is 14.2 Å². The molecular weight excluding hydrogens is 484 g/mol. The lowest BCUT2D eigenvalue weighted by atomic mass is 9.63. The Morgan fingerprint density at radius 3 is 1.74 bits per heavy atom. The highest BCUT2D eigenvalue weighted by molar-refractivity contribution is 6.14. The Hall–Kier alpha value is -3.57. The number of methoxy groups -OCH3 is 2. The summed E-state index contributed by atoms with van der Waals surface area (Å²) in [6.45, 7) is 4.29. The molecule has 2 fully saturated rings. The summed E-state index contributed by atoms with van der Waals surface area (Å²) in [5.41, 5.74) is 2.76. The summed E-state index contributed by atoms with van der Waals surface area (Å²) in [5.74, 6) is -2.38. The number of ether oxygens (including phenoxy) is 3. The van der Waals surface area contributed by atoms with Crippen LogP contribution in [0.15, 0.2) is 109 Å². The van der Waals surface area contributed by atoms with Gasteiger partial charge in [0.15, 0.2) is 11.6 Å². The van der Waals surface area contributed by atoms with Crippen molar-refractivity contribution in [3.8, 4) is 0 Å². The van der Waals surface area contributed by atoms with Crippen molar-refractivity contribution in [3.05, 3.63) is 143 Å². The molecule has 4 aromatic rings. The van der Waals surface area contributed by atoms with Crippen LogP contribution in [0.1, 0.15) is 52.0 Å². The quantitative estimate of drug-likeness (QED) is 0.295. The molecule has 39 heavy (non-hydrogen) atoms. The fraction of sp³-hybridized carbons (Fsp3) is 0.286. The number of benzene rings is 4. The molecule has 4 nitrogen and oxygen atoms in total. The molecule has 0 aromatic heterocycles. The normalized spacial score (nSPS) is 38.1. The van der Waals surface area contributed by atoms with E-state index in [9.17, 15) is 0 Å². The lowest BCUT2D eigenvalue weighted by Gasteiger charge is -2.48. The zero-order valence-corrected chi connectivity index (χ0v) is 22.5. The van der Waals surface area contributed by atoms with Gasteiger partial charge in [0.1, 0.15) is 0 Å². The molecule has 0 radical (unpaired) electrons. The third-order valence-corrected chi connectivity index (χ3v) is 10.8. The van der Waals surface area contributed by atoms with Crippen molar-refractivity contribution < 1.29 is 19.0 Å². The van der Waals surface area contributed by atoms with E-state index in [1.807, 2.05) is 55.5 Å². The molecule has 194 valence electrons. The third kappa shape index (κ3) is 1.89. The van der Waals surface area contributed by atoms with E-state index in [1.165, 1.54) is 5.56 Å². The van der Waals surface area contributed by atoms with Crippen molar-refractivity contribution in [2.45, 2.75) is 41.7 Å². The van der Waals surface area contributed by atoms with Gasteiger partial charge in [-0.15, -0.1) is 0 Å². The van der Waals surface area contributed by atoms with Crippen LogP contribution in [-0.4, -0.2) is 25.8 Å². The summed E-state index contributed by atoms with van der Waals surface area (Å²) in [5, 5.41) is 0. The number of rotatable bonds is 5. The van der Waals surface area contributed by atoms with Crippen LogP contribution < -0.4 is 0 Å². The van der Waals surface area contributed by atoms with Crippen LogP contribution in [0.5, 0.6) is 0 Å². The van der Waals surface area contributed by atoms with E-state index >= 15 is 4.79 Å². The zero-order valence-electron chi connectivity index (χ0n) is 22.5. The predicted molar refractivity (Wildman–Crippen MR) is 148 cm³/mol. The molecule has 4 unspecified atom stereocenters. The smallest absolute Gasteiger partial charge is 0.207 e. The molecule has 1 saturated heterocycles. The van der Waals surface area contributed by atoms with Gasteiger partial charge in [-0.05, 0) is 29.2 Å². The molecule has 1 spiro atoms. The van der Waals surface area contributed by atoms with Crippen LogP contribution in [0.3, 0.4) is 0 Å². The lowest BCUT2D eigenvalue weighted by molar-refractivity contribution is -0.348. The maximum absolute atomic E-state index is 15.4. The summed E-state index contributed by atoms with van der Waals surface area (Å²) in [6, 6.07) is 36.9. The average molecular weight is 515 g/mol. The van der Waals surface area contributed by atoms with E-state index in [0.29, 0.717) is 5.56 Å². The molecule has 8 rings (SSSR count). The van der Waals surface area contributed by atoms with Crippen molar-refractivity contribution in [1.82, 2.24) is 0 Å². The molecule has 0 bridgehead atoms. The van der Waals surface area contributed by atoms with E-state index in [2.05, 4.69) is 67.6 Å². The Labute approximate surface area is 228 Å². The highest BCUT2D eigenvalue weighted by Gasteiger charge is 3.13. The van der Waals surface area contributed by atoms with Crippen molar-refractivity contribution in [2.24, 2.45) is 5.41 Å². The van der Waals surface area contributed by atoms with E-state index in [-0.39, 0.29) is 5.78 Å². The Morgan fingerprint density at radius 1 is 0.641 bits per heavy atom. The minimum absolute atomic E-state index is 0.0812. The number of carbonyl (C=O) groups is 1. The number of Topliss-reactive ketones (excluding diaryl/α,β-unsaturated/α-hetero) is 1. The lowest BCUT2D eigenvalue weighted by Crippen LogP contribution is -2.55. The monoisotopic (exact) mass is 514 g/mol. The molecule has 4 aromatic carbocycles. The zero-order chi connectivity index (χ0) is 26.9. The highest BCUT2D eigenvalue weighted by Crippen LogP contribution is 3.03. The predicted octanol–water partition coefficient (Wildman–Crippen LogP) is 6.27. The van der Waals surface area contributed by atoms with Gasteiger partial charge >= 0.3 is 0 Å². The molecular formula is C35H30O4. The minimum Gasteiger partial charge on any atom is -0.352 e. The number of hydrogen-bond acceptors (Lipinski definition) is 4. The first kappa shape index (κ1) is 23.3. The summed E-state index contributed by atoms with van der Waals surface area (Å²) in [7, 11) is 3.40. The number of fused-ring (bicyclic) bond motifs is 5. The van der Waals surface area contributed by atoms with Crippen LogP contribution in [0.2, 0.25) is 0 Å². The van der Waals surface area contributed by atoms with Crippen LogP contribution >= 0.6 is 0 Å². The second-order valence-electron chi connectivity index (χ2n) is 11.6. The van der Waals surface area contributed by atoms with Crippen molar-refractivity contribution in [3.63, 3.8) is 0 Å². The maximum atomic E-state index is 15.4. The summed E-state index contributed by atoms with van der Waals surface area (Å²) in [4.78, 5) is 15.4. The molecule has 1 saturated carbocycles. The molecule has 0 amide bonds. The van der Waals surface area contributed by atoms with Gasteiger partial charge < -0.3 is 14.2 Å². The van der Waals surface area contributed by atoms with E-state index < -0.39 is 33.2 Å². The molecule has 0 N–H and O–H groups in total. The van der Waals surface area contributed by atoms with Crippen molar-refractivity contribution in [2.75, 3.05) is 14.2 Å². The fourth-order valence-corrected chi connectivity index (χ4v) is 10.0. The Kier molecular flexibility index (Phi) is 4.15. The summed E-state index contributed by atoms with van der Waals surface area (Å²) < 4.78 is 20.3. The van der Waals surface area contributed by atoms with Crippen molar-refractivity contribution >= 4 is 5.78 Å². The van der Waals surface area contributed by atoms with Gasteiger partial charge in [0, 0.05) is 30.8 Å². The van der Waals surface area contributed by atoms with Crippen molar-refractivity contribution in [1.29, 1.82) is 0 Å². The van der Waals surface area contributed by atoms with Gasteiger partial charge in [-0.2, -0.15) is 0 Å². The number of ketones is 1. The van der Waals surface area contributed by atoms with E-state index in [0.717, 1.165) is 22.3 Å². The van der Waals surface area contributed by atoms with Gasteiger partial charge in [0.2, 0.25) is 5.79 Å². The highest BCUT2D eigenvalue weighted by atomic mass is 16.8. The van der Waals surface area contributed by atoms with Crippen LogP contribution in [0.4, 0.5) is 0 Å². The van der Waals surface area contributed by atoms with Gasteiger partial charge in [-0.3, -0.25) is 4.79 Å². The van der Waals surface area contributed by atoms with Gasteiger partial charge in [0.05, 0.1) is 16.2 Å². The Bertz CT molecular complexity index is 1680. The SMILES string of the molecule is CO[C@]1(C)O[C@@](OC)(c2ccccc2)C23C4(C)c5ccccc5C2(C(=O)c2ccccc2)C31c1ccccc14. The van der Waals surface area contributed by atoms with Crippen LogP contribution in [0, 0.1) is 5.41 Å². The second kappa shape index (κ2) is 6.95. The van der Waals surface area contributed by atoms with Crippen LogP contribution in [-0.2, 0) is 36.2 Å². The molecule has 1 aliphatic heterocycles. The molecule has 3 aliphatic carbocycles. The Balaban J connectivity index is 1.63. The first-order valence-corrected chi connectivity index (χ1v) is 13.6. The molecule has 1 heterocycles. The maximum Gasteiger partial charge on any atom is 0.207 e. The van der Waals surface area contributed by atoms with Gasteiger partial charge in [0.25, 0.3) is 0 Å². The second-order valence-corrected chi connectivity index (χ2v) is 11.6. The minimum atomic E-state index is -1.28. The first-order chi connectivity index (χ1) is 18.9. The fourth-order valence-electron chi connectivity index (χ4n) is 10.0. The summed E-state index contributed by atoms with van der Waals surface area (Å²) >= 11 is 0. The molecule has 4 heteroatoms. The Morgan fingerprint density at radius 2 is 1.15 bits per heavy atom. The van der Waals surface area contributed by atoms with E-state index in [1.54, 1.807) is 14.2 Å². The average Bonchev–Trinajstić information content (AvgIpc) is 3.38. The standard InChI is InChI=1S/C35H30O4/c1-30-25-19-11-13-21-27(25)32(29(36)23-15-7-5-8-16-23)33(28-22-14-12-20-26(28)30)31(2,37-3)39-34(38-4,35(30,32)33)24-17-9-6-10-18-24/h5-22H,1-4H3/t30?,31-,32?,33?,34+,35?/m1/s1. The molecule has 4 aliphatic rings.